The molecule has 0 spiro atoms. The summed E-state index contributed by atoms with van der Waals surface area (Å²) in [6.45, 7) is 0. The lowest BCUT2D eigenvalue weighted by Gasteiger charge is -2.16. The summed E-state index contributed by atoms with van der Waals surface area (Å²) in [6, 6.07) is 76.4. The van der Waals surface area contributed by atoms with E-state index < -0.39 is 0 Å². The van der Waals surface area contributed by atoms with Crippen molar-refractivity contribution in [2.75, 3.05) is 0 Å². The van der Waals surface area contributed by atoms with Gasteiger partial charge in [0.15, 0.2) is 0 Å². The van der Waals surface area contributed by atoms with Crippen LogP contribution in [0.25, 0.3) is 111 Å². The topological polar surface area (TPSA) is 248 Å². The maximum absolute atomic E-state index is 11.0. The third-order valence-corrected chi connectivity index (χ3v) is 14.7. The molecule has 12 nitrogen and oxygen atoms in total. The summed E-state index contributed by atoms with van der Waals surface area (Å²) in [5.41, 5.74) is 13.7. The molecule has 0 N–H and O–H groups in total. The molecular formula is C70H30N12. The molecule has 2 heterocycles. The Morgan fingerprint density at radius 3 is 0.646 bits per heavy atom. The second kappa shape index (κ2) is 20.0. The Balaban J connectivity index is 1.11. The van der Waals surface area contributed by atoms with E-state index >= 15 is 0 Å². The molecule has 0 saturated carbocycles. The van der Waals surface area contributed by atoms with Crippen LogP contribution in [0.15, 0.2) is 182 Å². The van der Waals surface area contributed by atoms with Gasteiger partial charge in [0.05, 0.1) is 138 Å². The highest BCUT2D eigenvalue weighted by atomic mass is 15.0. The van der Waals surface area contributed by atoms with E-state index in [4.69, 9.17) is 0 Å². The van der Waals surface area contributed by atoms with E-state index in [9.17, 15) is 52.6 Å². The van der Waals surface area contributed by atoms with E-state index in [0.29, 0.717) is 89.3 Å². The zero-order valence-corrected chi connectivity index (χ0v) is 42.7. The lowest BCUT2D eigenvalue weighted by atomic mass is 9.94. The first-order chi connectivity index (χ1) is 40.1. The van der Waals surface area contributed by atoms with E-state index in [1.54, 1.807) is 60.7 Å². The molecule has 0 aliphatic carbocycles. The Kier molecular flexibility index (Phi) is 12.1. The van der Waals surface area contributed by atoms with Crippen molar-refractivity contribution >= 4 is 43.6 Å². The van der Waals surface area contributed by atoms with Crippen molar-refractivity contribution in [1.29, 1.82) is 52.6 Å². The molecule has 12 aromatic rings. The Morgan fingerprint density at radius 2 is 0.439 bits per heavy atom. The summed E-state index contributed by atoms with van der Waals surface area (Å²) >= 11 is 0. The number of aromatic nitrogens is 2. The molecule has 0 amide bonds. The molecule has 12 heteroatoms. The average molecular weight is 1040 g/mol. The van der Waals surface area contributed by atoms with E-state index in [2.05, 4.69) is 60.7 Å². The summed E-state index contributed by atoms with van der Waals surface area (Å²) in [5.74, 6) is 0. The van der Waals surface area contributed by atoms with Crippen molar-refractivity contribution in [3.63, 3.8) is 0 Å². The summed E-state index contributed by atoms with van der Waals surface area (Å²) in [6.07, 6.45) is 0. The smallest absolute Gasteiger partial charge is 0.0998 e. The molecule has 0 radical (unpaired) electrons. The second-order valence-corrected chi connectivity index (χ2v) is 19.4. The molecule has 82 heavy (non-hydrogen) atoms. The number of nitriles is 10. The Morgan fingerprint density at radius 1 is 0.207 bits per heavy atom. The summed E-state index contributed by atoms with van der Waals surface area (Å²) in [4.78, 5) is 0. The third kappa shape index (κ3) is 8.44. The predicted molar refractivity (Wildman–Crippen MR) is 309 cm³/mol. The largest absolute Gasteiger partial charge is 0.309 e. The van der Waals surface area contributed by atoms with Crippen molar-refractivity contribution in [3.05, 3.63) is 238 Å². The SMILES string of the molecule is N#Cc1cc(C#N)cc(-c2ccc3c4ccc(-c5cc(C#N)cc(C#N)c5)cc4n(-c4ccc(C#N)c(-c5cc(-n6c7cc(-c8cc(C#N)cc(C#N)c8)ccc7c7ccc(-c8cc(C#N)cc(C#N)c8)cc76)ccc5C#N)c4)c3c2)c1. The van der Waals surface area contributed by atoms with Crippen molar-refractivity contribution in [2.45, 2.75) is 0 Å². The quantitative estimate of drug-likeness (QED) is 0.146. The Bertz CT molecular complexity index is 4580. The van der Waals surface area contributed by atoms with Crippen LogP contribution in [0.3, 0.4) is 0 Å². The predicted octanol–water partition coefficient (Wildman–Crippen LogP) is 14.9. The molecule has 12 rings (SSSR count). The minimum absolute atomic E-state index is 0.275. The highest BCUT2D eigenvalue weighted by molar-refractivity contribution is 6.13. The van der Waals surface area contributed by atoms with Crippen LogP contribution in [-0.4, -0.2) is 9.13 Å². The maximum atomic E-state index is 11.0. The monoisotopic (exact) mass is 1040 g/mol. The van der Waals surface area contributed by atoms with Gasteiger partial charge in [-0.25, -0.2) is 0 Å². The molecule has 0 unspecified atom stereocenters. The molecule has 10 aromatic carbocycles. The highest BCUT2D eigenvalue weighted by Crippen LogP contribution is 2.42. The van der Waals surface area contributed by atoms with Crippen molar-refractivity contribution < 1.29 is 0 Å². The first kappa shape index (κ1) is 49.6. The number of hydrogen-bond donors (Lipinski definition) is 0. The standard InChI is InChI=1S/C70H30N12/c71-31-41-13-42(32-72)18-55(17-41)49-3-9-61-62-10-4-50(56-19-43(33-73)14-44(20-56)34-74)26-68(62)81(67(61)25-49)59-7-1-53(39-79)65(29-59)66-30-60(8-2-54(66)40-80)82-69-27-51(57-21-45(35-75)15-46(22-57)36-76)5-11-63(69)64-12-6-52(28-70(64)82)58-23-47(37-77)16-48(24-58)38-78/h1-30H. The minimum atomic E-state index is 0.275. The van der Waals surface area contributed by atoms with Crippen LogP contribution >= 0.6 is 0 Å². The molecule has 370 valence electrons. The first-order valence-corrected chi connectivity index (χ1v) is 25.2. The second-order valence-electron chi connectivity index (χ2n) is 19.4. The van der Waals surface area contributed by atoms with Gasteiger partial charge in [-0.3, -0.25) is 0 Å². The average Bonchev–Trinajstić information content (AvgIpc) is 3.95. The first-order valence-electron chi connectivity index (χ1n) is 25.2. The number of fused-ring (bicyclic) bond motifs is 6. The number of hydrogen-bond acceptors (Lipinski definition) is 10. The molecule has 0 fully saturated rings. The fourth-order valence-electron chi connectivity index (χ4n) is 11.0. The highest BCUT2D eigenvalue weighted by Gasteiger charge is 2.22. The van der Waals surface area contributed by atoms with Crippen LogP contribution in [0.4, 0.5) is 0 Å². The normalized spacial score (nSPS) is 10.6. The van der Waals surface area contributed by atoms with Gasteiger partial charge in [0.1, 0.15) is 0 Å². The zero-order valence-electron chi connectivity index (χ0n) is 42.7. The molecule has 0 bridgehead atoms. The van der Waals surface area contributed by atoms with Gasteiger partial charge in [0, 0.05) is 44.0 Å². The molecule has 2 aromatic heterocycles. The maximum Gasteiger partial charge on any atom is 0.0998 e. The van der Waals surface area contributed by atoms with E-state index in [-0.39, 0.29) is 11.1 Å². The van der Waals surface area contributed by atoms with Gasteiger partial charge < -0.3 is 9.13 Å². The van der Waals surface area contributed by atoms with Gasteiger partial charge in [0.2, 0.25) is 0 Å². The molecule has 0 saturated heterocycles. The lowest BCUT2D eigenvalue weighted by Crippen LogP contribution is -2.00. The van der Waals surface area contributed by atoms with Crippen LogP contribution in [0.5, 0.6) is 0 Å². The lowest BCUT2D eigenvalue weighted by molar-refractivity contribution is 1.17. The Labute approximate surface area is 468 Å². The van der Waals surface area contributed by atoms with Crippen LogP contribution in [0.1, 0.15) is 55.6 Å². The van der Waals surface area contributed by atoms with Crippen LogP contribution < -0.4 is 0 Å². The van der Waals surface area contributed by atoms with Crippen LogP contribution in [0, 0.1) is 113 Å². The Hall–Kier alpha value is -13.3. The minimum Gasteiger partial charge on any atom is -0.309 e. The van der Waals surface area contributed by atoms with Gasteiger partial charge in [0.25, 0.3) is 0 Å². The summed E-state index contributed by atoms with van der Waals surface area (Å²) in [5, 5.41) is 105. The number of benzene rings is 10. The van der Waals surface area contributed by atoms with Gasteiger partial charge in [-0.2, -0.15) is 52.6 Å². The van der Waals surface area contributed by atoms with Crippen LogP contribution in [-0.2, 0) is 0 Å². The number of rotatable bonds is 7. The van der Waals surface area contributed by atoms with E-state index in [1.165, 1.54) is 24.3 Å². The van der Waals surface area contributed by atoms with Gasteiger partial charge in [-0.1, -0.05) is 48.5 Å². The summed E-state index contributed by atoms with van der Waals surface area (Å²) < 4.78 is 4.09. The van der Waals surface area contributed by atoms with E-state index in [1.807, 2.05) is 106 Å². The van der Waals surface area contributed by atoms with Gasteiger partial charge >= 0.3 is 0 Å². The zero-order chi connectivity index (χ0) is 56.8. The fourth-order valence-corrected chi connectivity index (χ4v) is 11.0. The van der Waals surface area contributed by atoms with Gasteiger partial charge in [-0.05, 0) is 178 Å². The van der Waals surface area contributed by atoms with Crippen LogP contribution in [0.2, 0.25) is 0 Å². The third-order valence-electron chi connectivity index (χ3n) is 14.7. The van der Waals surface area contributed by atoms with Crippen molar-refractivity contribution in [2.24, 2.45) is 0 Å². The molecule has 0 aliphatic heterocycles. The van der Waals surface area contributed by atoms with Gasteiger partial charge in [-0.15, -0.1) is 0 Å². The summed E-state index contributed by atoms with van der Waals surface area (Å²) in [7, 11) is 0. The molecule has 0 aliphatic rings. The van der Waals surface area contributed by atoms with Crippen molar-refractivity contribution in [3.8, 4) is 128 Å². The van der Waals surface area contributed by atoms with Crippen molar-refractivity contribution in [1.82, 2.24) is 9.13 Å². The molecule has 0 atom stereocenters. The fraction of sp³-hybridized carbons (Fsp3) is 0. The number of nitrogens with zero attached hydrogens (tertiary/aromatic N) is 12. The molecular weight excluding hydrogens is 1010 g/mol. The van der Waals surface area contributed by atoms with E-state index in [0.717, 1.165) is 65.9 Å².